The molecule has 2 aromatic rings. The average molecular weight is 495 g/mol. The zero-order chi connectivity index (χ0) is 24.9. The van der Waals surface area contributed by atoms with Crippen molar-refractivity contribution < 1.29 is 24.2 Å². The third-order valence-corrected chi connectivity index (χ3v) is 7.23. The number of likely N-dealkylation sites (tertiary alicyclic amines) is 1. The maximum absolute atomic E-state index is 13.2. The number of hydrogen-bond donors (Lipinski definition) is 3. The Labute approximate surface area is 211 Å². The van der Waals surface area contributed by atoms with E-state index in [0.717, 1.165) is 69.7 Å². The van der Waals surface area contributed by atoms with Gasteiger partial charge in [-0.2, -0.15) is 0 Å². The zero-order valence-corrected chi connectivity index (χ0v) is 20.5. The van der Waals surface area contributed by atoms with Crippen LogP contribution in [0.5, 0.6) is 11.5 Å². The SMILES string of the molecule is O=C(O)CC(NC(=O)[C@@H]1CCCN(CCCc2ccc3c(n2)NCCC3)C1)c1cccc2c1OCO2. The summed E-state index contributed by atoms with van der Waals surface area (Å²) in [5.41, 5.74) is 3.05. The van der Waals surface area contributed by atoms with E-state index in [1.54, 1.807) is 18.2 Å². The molecule has 0 bridgehead atoms. The van der Waals surface area contributed by atoms with Crippen molar-refractivity contribution in [3.63, 3.8) is 0 Å². The van der Waals surface area contributed by atoms with E-state index in [9.17, 15) is 14.7 Å². The Balaban J connectivity index is 1.16. The first-order valence-electron chi connectivity index (χ1n) is 12.9. The molecule has 0 spiro atoms. The second-order valence-electron chi connectivity index (χ2n) is 9.82. The summed E-state index contributed by atoms with van der Waals surface area (Å²) >= 11 is 0. The number of piperidine rings is 1. The molecule has 192 valence electrons. The van der Waals surface area contributed by atoms with Gasteiger partial charge >= 0.3 is 5.97 Å². The van der Waals surface area contributed by atoms with Gasteiger partial charge in [0.15, 0.2) is 11.5 Å². The van der Waals surface area contributed by atoms with E-state index in [4.69, 9.17) is 14.5 Å². The predicted octanol–water partition coefficient (Wildman–Crippen LogP) is 3.15. The van der Waals surface area contributed by atoms with Crippen LogP contribution in [0, 0.1) is 5.92 Å². The molecule has 1 unspecified atom stereocenters. The van der Waals surface area contributed by atoms with Gasteiger partial charge in [-0.1, -0.05) is 18.2 Å². The minimum atomic E-state index is -0.979. The Morgan fingerprint density at radius 3 is 3.03 bits per heavy atom. The number of ether oxygens (including phenoxy) is 2. The smallest absolute Gasteiger partial charge is 0.305 e. The summed E-state index contributed by atoms with van der Waals surface area (Å²) in [6.07, 6.45) is 5.66. The van der Waals surface area contributed by atoms with Gasteiger partial charge in [0.25, 0.3) is 0 Å². The van der Waals surface area contributed by atoms with E-state index in [0.29, 0.717) is 23.6 Å². The van der Waals surface area contributed by atoms with Gasteiger partial charge in [-0.25, -0.2) is 4.98 Å². The molecule has 1 saturated heterocycles. The molecule has 1 aromatic carbocycles. The van der Waals surface area contributed by atoms with Gasteiger partial charge in [0.2, 0.25) is 12.7 Å². The van der Waals surface area contributed by atoms with Gasteiger partial charge in [0.05, 0.1) is 18.4 Å². The standard InChI is InChI=1S/C27H34N4O5/c32-24(33)15-22(21-8-1-9-23-25(21)36-17-35-23)30-27(34)19-6-3-13-31(16-19)14-4-7-20-11-10-18-5-2-12-28-26(18)29-20/h1,8-11,19,22H,2-7,12-17H2,(H,28,29)(H,30,34)(H,32,33)/t19-,22?/m1/s1. The number of carboxylic acids is 1. The van der Waals surface area contributed by atoms with E-state index >= 15 is 0 Å². The van der Waals surface area contributed by atoms with E-state index in [-0.39, 0.29) is 25.0 Å². The molecule has 3 aliphatic heterocycles. The van der Waals surface area contributed by atoms with Crippen molar-refractivity contribution in [2.24, 2.45) is 5.92 Å². The Morgan fingerprint density at radius 1 is 1.22 bits per heavy atom. The Morgan fingerprint density at radius 2 is 2.14 bits per heavy atom. The van der Waals surface area contributed by atoms with Crippen LogP contribution in [0.4, 0.5) is 5.82 Å². The molecule has 1 fully saturated rings. The fourth-order valence-corrected chi connectivity index (χ4v) is 5.39. The van der Waals surface area contributed by atoms with E-state index in [1.807, 2.05) is 0 Å². The highest BCUT2D eigenvalue weighted by Gasteiger charge is 2.31. The highest BCUT2D eigenvalue weighted by atomic mass is 16.7. The summed E-state index contributed by atoms with van der Waals surface area (Å²) in [6, 6.07) is 9.01. The largest absolute Gasteiger partial charge is 0.481 e. The molecule has 3 aliphatic rings. The summed E-state index contributed by atoms with van der Waals surface area (Å²) in [6.45, 7) is 3.64. The molecule has 0 aliphatic carbocycles. The Hall–Kier alpha value is -3.33. The number of amides is 1. The van der Waals surface area contributed by atoms with Crippen LogP contribution in [0.15, 0.2) is 30.3 Å². The van der Waals surface area contributed by atoms with Crippen LogP contribution in [-0.2, 0) is 22.4 Å². The zero-order valence-electron chi connectivity index (χ0n) is 20.5. The van der Waals surface area contributed by atoms with Gasteiger partial charge in [-0.15, -0.1) is 0 Å². The van der Waals surface area contributed by atoms with Gasteiger partial charge in [0, 0.05) is 24.3 Å². The number of fused-ring (bicyclic) bond motifs is 2. The first kappa shape index (κ1) is 24.4. The second kappa shape index (κ2) is 11.2. The molecule has 2 atom stereocenters. The lowest BCUT2D eigenvalue weighted by Crippen LogP contribution is -2.44. The Bertz CT molecular complexity index is 1110. The normalized spacial score (nSPS) is 19.7. The first-order chi connectivity index (χ1) is 17.6. The number of nitrogens with one attached hydrogen (secondary N) is 2. The van der Waals surface area contributed by atoms with Crippen LogP contribution in [0.2, 0.25) is 0 Å². The Kier molecular flexibility index (Phi) is 7.55. The maximum Gasteiger partial charge on any atom is 0.305 e. The number of aromatic nitrogens is 1. The maximum atomic E-state index is 13.2. The van der Waals surface area contributed by atoms with Gasteiger partial charge in [0.1, 0.15) is 5.82 Å². The van der Waals surface area contributed by atoms with Crippen molar-refractivity contribution in [3.8, 4) is 11.5 Å². The first-order valence-corrected chi connectivity index (χ1v) is 12.9. The molecule has 1 aromatic heterocycles. The quantitative estimate of drug-likeness (QED) is 0.487. The van der Waals surface area contributed by atoms with E-state index in [2.05, 4.69) is 27.7 Å². The van der Waals surface area contributed by atoms with Crippen LogP contribution < -0.4 is 20.1 Å². The second-order valence-corrected chi connectivity index (χ2v) is 9.82. The average Bonchev–Trinajstić information content (AvgIpc) is 3.37. The lowest BCUT2D eigenvalue weighted by atomic mass is 9.95. The molecule has 9 nitrogen and oxygen atoms in total. The number of nitrogens with zero attached hydrogens (tertiary/aromatic N) is 2. The number of carbonyl (C=O) groups is 2. The summed E-state index contributed by atoms with van der Waals surface area (Å²) in [5.74, 6) is 0.865. The van der Waals surface area contributed by atoms with Crippen LogP contribution in [0.3, 0.4) is 0 Å². The molecular weight excluding hydrogens is 460 g/mol. The molecule has 36 heavy (non-hydrogen) atoms. The molecule has 3 N–H and O–H groups in total. The highest BCUT2D eigenvalue weighted by molar-refractivity contribution is 5.80. The summed E-state index contributed by atoms with van der Waals surface area (Å²) < 4.78 is 11.0. The topological polar surface area (TPSA) is 113 Å². The number of aryl methyl sites for hydroxylation is 2. The number of hydrogen-bond acceptors (Lipinski definition) is 7. The fourth-order valence-electron chi connectivity index (χ4n) is 5.39. The number of carboxylic acid groups (broad SMARTS) is 1. The predicted molar refractivity (Wildman–Crippen MR) is 134 cm³/mol. The van der Waals surface area contributed by atoms with Crippen molar-refractivity contribution in [1.82, 2.24) is 15.2 Å². The summed E-state index contributed by atoms with van der Waals surface area (Å²) in [5, 5.41) is 15.9. The van der Waals surface area contributed by atoms with Crippen molar-refractivity contribution in [3.05, 3.63) is 47.2 Å². The lowest BCUT2D eigenvalue weighted by Gasteiger charge is -2.33. The number of rotatable bonds is 9. The van der Waals surface area contributed by atoms with Crippen LogP contribution >= 0.6 is 0 Å². The number of benzene rings is 1. The van der Waals surface area contributed by atoms with Crippen LogP contribution in [-0.4, -0.2) is 59.8 Å². The minimum Gasteiger partial charge on any atom is -0.481 e. The van der Waals surface area contributed by atoms with Crippen LogP contribution in [0.25, 0.3) is 0 Å². The van der Waals surface area contributed by atoms with Crippen molar-refractivity contribution in [1.29, 1.82) is 0 Å². The van der Waals surface area contributed by atoms with Crippen molar-refractivity contribution in [2.75, 3.05) is 38.3 Å². The number of pyridine rings is 1. The van der Waals surface area contributed by atoms with Crippen molar-refractivity contribution >= 4 is 17.7 Å². The number of aliphatic carboxylic acids is 1. The molecule has 9 heteroatoms. The number of anilines is 1. The van der Waals surface area contributed by atoms with Gasteiger partial charge < -0.3 is 30.1 Å². The van der Waals surface area contributed by atoms with Gasteiger partial charge in [-0.3, -0.25) is 9.59 Å². The van der Waals surface area contributed by atoms with E-state index in [1.165, 1.54) is 5.56 Å². The van der Waals surface area contributed by atoms with Gasteiger partial charge in [-0.05, 0) is 69.3 Å². The van der Waals surface area contributed by atoms with E-state index < -0.39 is 12.0 Å². The number of carbonyl (C=O) groups excluding carboxylic acids is 1. The van der Waals surface area contributed by atoms with Crippen LogP contribution in [0.1, 0.15) is 55.0 Å². The molecular formula is C27H34N4O5. The number of para-hydroxylation sites is 1. The molecule has 0 saturated carbocycles. The molecule has 5 rings (SSSR count). The third-order valence-electron chi connectivity index (χ3n) is 7.23. The highest BCUT2D eigenvalue weighted by Crippen LogP contribution is 2.39. The molecule has 4 heterocycles. The summed E-state index contributed by atoms with van der Waals surface area (Å²) in [4.78, 5) is 31.9. The summed E-state index contributed by atoms with van der Waals surface area (Å²) in [7, 11) is 0. The molecule has 1 amide bonds. The lowest BCUT2D eigenvalue weighted by molar-refractivity contribution is -0.138. The monoisotopic (exact) mass is 494 g/mol. The fraction of sp³-hybridized carbons (Fsp3) is 0.519. The third kappa shape index (κ3) is 5.73. The minimum absolute atomic E-state index is 0.0924. The van der Waals surface area contributed by atoms with Crippen molar-refractivity contribution in [2.45, 2.75) is 51.0 Å². The molecule has 0 radical (unpaired) electrons.